The van der Waals surface area contributed by atoms with E-state index in [0.29, 0.717) is 17.4 Å². The number of hydrogen-bond donors (Lipinski definition) is 1. The van der Waals surface area contributed by atoms with Crippen LogP contribution in [0, 0.1) is 5.92 Å². The molecule has 2 heterocycles. The van der Waals surface area contributed by atoms with Crippen molar-refractivity contribution in [1.82, 2.24) is 4.90 Å². The van der Waals surface area contributed by atoms with E-state index in [-0.39, 0.29) is 5.92 Å². The molecular weight excluding hydrogens is 344 g/mol. The molecule has 1 aromatic carbocycles. The molecule has 27 heavy (non-hydrogen) atoms. The number of nitrogens with one attached hydrogen (secondary N) is 1. The highest BCUT2D eigenvalue weighted by molar-refractivity contribution is 5.79. The van der Waals surface area contributed by atoms with Crippen LogP contribution in [-0.2, 0) is 11.3 Å². The third-order valence-corrected chi connectivity index (χ3v) is 5.86. The Morgan fingerprint density at radius 1 is 1.04 bits per heavy atom. The lowest BCUT2D eigenvalue weighted by atomic mass is 9.95. The molecule has 0 aliphatic carbocycles. The maximum absolute atomic E-state index is 12.9. The molecule has 3 rings (SSSR count). The van der Waals surface area contributed by atoms with E-state index in [0.717, 1.165) is 69.7 Å². The number of carbonyl (C=O) groups is 1. The lowest BCUT2D eigenvalue weighted by Crippen LogP contribution is -3.12. The second-order valence-corrected chi connectivity index (χ2v) is 7.60. The third kappa shape index (κ3) is 4.49. The highest BCUT2D eigenvalue weighted by Crippen LogP contribution is 2.39. The van der Waals surface area contributed by atoms with Crippen LogP contribution < -0.4 is 19.1 Å². The van der Waals surface area contributed by atoms with E-state index in [1.54, 1.807) is 21.3 Å². The van der Waals surface area contributed by atoms with Gasteiger partial charge in [-0.3, -0.25) is 4.79 Å². The molecule has 0 radical (unpaired) electrons. The molecule has 2 atom stereocenters. The summed E-state index contributed by atoms with van der Waals surface area (Å²) in [6.07, 6.45) is 5.66. The van der Waals surface area contributed by atoms with Gasteiger partial charge in [0.15, 0.2) is 11.5 Å². The standard InChI is InChI=1S/C21H32N2O4/c1-25-18-10-9-16(19(26-2)20(18)27-3)14-22-11-7-8-17(15-22)21(24)23-12-5-4-6-13-23/h9-10,17H,4-8,11-15H2,1-3H3/p+1. The number of nitrogens with zero attached hydrogens (tertiary/aromatic N) is 1. The molecule has 0 aromatic heterocycles. The van der Waals surface area contributed by atoms with Gasteiger partial charge in [0.05, 0.1) is 45.9 Å². The molecule has 1 amide bonds. The summed E-state index contributed by atoms with van der Waals surface area (Å²) in [6.45, 7) is 4.68. The van der Waals surface area contributed by atoms with Gasteiger partial charge in [-0.1, -0.05) is 0 Å². The molecule has 2 aliphatic rings. The number of benzene rings is 1. The summed E-state index contributed by atoms with van der Waals surface area (Å²) >= 11 is 0. The van der Waals surface area contributed by atoms with Crippen molar-refractivity contribution >= 4 is 5.91 Å². The zero-order valence-corrected chi connectivity index (χ0v) is 16.9. The summed E-state index contributed by atoms with van der Waals surface area (Å²) in [5.41, 5.74) is 1.09. The van der Waals surface area contributed by atoms with Crippen LogP contribution in [0.2, 0.25) is 0 Å². The van der Waals surface area contributed by atoms with Crippen molar-refractivity contribution in [2.75, 3.05) is 47.5 Å². The molecule has 2 fully saturated rings. The fraction of sp³-hybridized carbons (Fsp3) is 0.667. The van der Waals surface area contributed by atoms with Gasteiger partial charge in [-0.15, -0.1) is 0 Å². The number of likely N-dealkylation sites (tertiary alicyclic amines) is 2. The number of methoxy groups -OCH3 is 3. The first kappa shape index (κ1) is 19.8. The van der Waals surface area contributed by atoms with Crippen LogP contribution in [0.15, 0.2) is 12.1 Å². The molecule has 1 aromatic rings. The average molecular weight is 378 g/mol. The first-order valence-corrected chi connectivity index (χ1v) is 10.1. The van der Waals surface area contributed by atoms with Crippen LogP contribution in [0.5, 0.6) is 17.2 Å². The van der Waals surface area contributed by atoms with Gasteiger partial charge in [0.25, 0.3) is 0 Å². The van der Waals surface area contributed by atoms with E-state index >= 15 is 0 Å². The van der Waals surface area contributed by atoms with E-state index in [4.69, 9.17) is 14.2 Å². The van der Waals surface area contributed by atoms with Crippen molar-refractivity contribution in [1.29, 1.82) is 0 Å². The smallest absolute Gasteiger partial charge is 0.231 e. The van der Waals surface area contributed by atoms with Crippen LogP contribution in [-0.4, -0.2) is 58.3 Å². The predicted octanol–water partition coefficient (Wildman–Crippen LogP) is 1.52. The van der Waals surface area contributed by atoms with Gasteiger partial charge in [0.2, 0.25) is 11.7 Å². The topological polar surface area (TPSA) is 52.4 Å². The Labute approximate surface area is 162 Å². The second-order valence-electron chi connectivity index (χ2n) is 7.60. The molecule has 2 saturated heterocycles. The molecule has 0 bridgehead atoms. The zero-order valence-electron chi connectivity index (χ0n) is 16.9. The molecule has 6 nitrogen and oxygen atoms in total. The Kier molecular flexibility index (Phi) is 6.83. The van der Waals surface area contributed by atoms with E-state index in [1.807, 2.05) is 12.1 Å². The van der Waals surface area contributed by atoms with Crippen LogP contribution in [0.3, 0.4) is 0 Å². The lowest BCUT2D eigenvalue weighted by Gasteiger charge is -2.34. The van der Waals surface area contributed by atoms with Crippen molar-refractivity contribution in [2.45, 2.75) is 38.6 Å². The van der Waals surface area contributed by atoms with Crippen LogP contribution in [0.4, 0.5) is 0 Å². The molecule has 150 valence electrons. The molecule has 0 spiro atoms. The number of quaternary nitrogens is 1. The first-order valence-electron chi connectivity index (χ1n) is 10.1. The lowest BCUT2D eigenvalue weighted by molar-refractivity contribution is -0.921. The number of ether oxygens (including phenoxy) is 3. The Hall–Kier alpha value is -1.95. The SMILES string of the molecule is COc1ccc(C[NH+]2CCCC(C(=O)N3CCCCC3)C2)c(OC)c1OC. The van der Waals surface area contributed by atoms with E-state index in [2.05, 4.69) is 4.90 Å². The molecule has 0 saturated carbocycles. The summed E-state index contributed by atoms with van der Waals surface area (Å²) in [6, 6.07) is 3.97. The maximum Gasteiger partial charge on any atom is 0.231 e. The monoisotopic (exact) mass is 377 g/mol. The Morgan fingerprint density at radius 3 is 2.44 bits per heavy atom. The Bertz CT molecular complexity index is 643. The fourth-order valence-corrected chi connectivity index (χ4v) is 4.47. The number of carbonyl (C=O) groups excluding carboxylic acids is 1. The Balaban J connectivity index is 1.69. The van der Waals surface area contributed by atoms with Gasteiger partial charge < -0.3 is 24.0 Å². The zero-order chi connectivity index (χ0) is 19.2. The molecule has 2 unspecified atom stereocenters. The van der Waals surface area contributed by atoms with Gasteiger partial charge in [0.1, 0.15) is 6.54 Å². The van der Waals surface area contributed by atoms with Gasteiger partial charge in [-0.05, 0) is 44.2 Å². The van der Waals surface area contributed by atoms with Crippen LogP contribution in [0.1, 0.15) is 37.7 Å². The van der Waals surface area contributed by atoms with Crippen molar-refractivity contribution in [2.24, 2.45) is 5.92 Å². The molecule has 6 heteroatoms. The number of amides is 1. The quantitative estimate of drug-likeness (QED) is 0.817. The van der Waals surface area contributed by atoms with Crippen LogP contribution in [0.25, 0.3) is 0 Å². The third-order valence-electron chi connectivity index (χ3n) is 5.86. The largest absolute Gasteiger partial charge is 0.493 e. The summed E-state index contributed by atoms with van der Waals surface area (Å²) in [5.74, 6) is 2.55. The van der Waals surface area contributed by atoms with Crippen molar-refractivity contribution in [3.63, 3.8) is 0 Å². The van der Waals surface area contributed by atoms with Crippen molar-refractivity contribution < 1.29 is 23.9 Å². The minimum Gasteiger partial charge on any atom is -0.493 e. The van der Waals surface area contributed by atoms with Crippen molar-refractivity contribution in [3.05, 3.63) is 17.7 Å². The number of rotatable bonds is 6. The fourth-order valence-electron chi connectivity index (χ4n) is 4.47. The van der Waals surface area contributed by atoms with Crippen LogP contribution >= 0.6 is 0 Å². The number of piperidine rings is 2. The van der Waals surface area contributed by atoms with Gasteiger partial charge in [-0.25, -0.2) is 0 Å². The van der Waals surface area contributed by atoms with E-state index in [9.17, 15) is 4.79 Å². The van der Waals surface area contributed by atoms with Gasteiger partial charge in [-0.2, -0.15) is 0 Å². The highest BCUT2D eigenvalue weighted by Gasteiger charge is 2.33. The van der Waals surface area contributed by atoms with E-state index in [1.165, 1.54) is 11.3 Å². The molecular formula is C21H33N2O4+. The molecule has 1 N–H and O–H groups in total. The minimum absolute atomic E-state index is 0.151. The number of hydrogen-bond acceptors (Lipinski definition) is 4. The average Bonchev–Trinajstić information content (AvgIpc) is 2.73. The summed E-state index contributed by atoms with van der Waals surface area (Å²) < 4.78 is 16.5. The minimum atomic E-state index is 0.151. The molecule has 2 aliphatic heterocycles. The predicted molar refractivity (Wildman–Crippen MR) is 104 cm³/mol. The normalized spacial score (nSPS) is 23.0. The summed E-state index contributed by atoms with van der Waals surface area (Å²) in [5, 5.41) is 0. The first-order chi connectivity index (χ1) is 13.2. The second kappa shape index (κ2) is 9.31. The Morgan fingerprint density at radius 2 is 1.78 bits per heavy atom. The van der Waals surface area contributed by atoms with E-state index < -0.39 is 0 Å². The maximum atomic E-state index is 12.9. The van der Waals surface area contributed by atoms with Gasteiger partial charge >= 0.3 is 0 Å². The highest BCUT2D eigenvalue weighted by atomic mass is 16.5. The van der Waals surface area contributed by atoms with Gasteiger partial charge in [0, 0.05) is 13.1 Å². The summed E-state index contributed by atoms with van der Waals surface area (Å²) in [7, 11) is 4.92. The summed E-state index contributed by atoms with van der Waals surface area (Å²) in [4.78, 5) is 16.4. The van der Waals surface area contributed by atoms with Crippen molar-refractivity contribution in [3.8, 4) is 17.2 Å².